The third kappa shape index (κ3) is 5.79. The van der Waals surface area contributed by atoms with Crippen LogP contribution in [0.25, 0.3) is 0 Å². The maximum absolute atomic E-state index is 12.5. The lowest BCUT2D eigenvalue weighted by molar-refractivity contribution is -0.273. The highest BCUT2D eigenvalue weighted by Gasteiger charge is 2.59. The summed E-state index contributed by atoms with van der Waals surface area (Å²) in [5.41, 5.74) is 0. The van der Waals surface area contributed by atoms with Gasteiger partial charge in [0, 0.05) is 0 Å². The van der Waals surface area contributed by atoms with Crippen LogP contribution < -0.4 is 0 Å². The fraction of sp³-hybridized carbons (Fsp3) is 1.00. The SMILES string of the molecule is FC(C(F)(F)F)C(F)(F)COCC(F)(F)C(F)C(F)(F)F. The van der Waals surface area contributed by atoms with Crippen LogP contribution in [0.4, 0.5) is 52.7 Å². The van der Waals surface area contributed by atoms with Gasteiger partial charge in [-0.05, 0) is 0 Å². The van der Waals surface area contributed by atoms with E-state index in [0.717, 1.165) is 0 Å². The van der Waals surface area contributed by atoms with Crippen LogP contribution >= 0.6 is 0 Å². The van der Waals surface area contributed by atoms with Crippen molar-refractivity contribution in [2.24, 2.45) is 0 Å². The molecule has 21 heavy (non-hydrogen) atoms. The van der Waals surface area contributed by atoms with E-state index >= 15 is 0 Å². The van der Waals surface area contributed by atoms with Crippen LogP contribution in [0.15, 0.2) is 0 Å². The van der Waals surface area contributed by atoms with Gasteiger partial charge >= 0.3 is 24.2 Å². The maximum atomic E-state index is 12.5. The smallest absolute Gasteiger partial charge is 0.369 e. The highest BCUT2D eigenvalue weighted by atomic mass is 19.4. The third-order valence-corrected chi connectivity index (χ3v) is 1.91. The number of hydrogen-bond donors (Lipinski definition) is 0. The van der Waals surface area contributed by atoms with E-state index in [0.29, 0.717) is 0 Å². The predicted octanol–water partition coefficient (Wildman–Crippen LogP) is 4.07. The lowest BCUT2D eigenvalue weighted by Gasteiger charge is -2.25. The predicted molar refractivity (Wildman–Crippen MR) is 42.6 cm³/mol. The van der Waals surface area contributed by atoms with E-state index in [-0.39, 0.29) is 0 Å². The second-order valence-electron chi connectivity index (χ2n) is 3.82. The quantitative estimate of drug-likeness (QED) is 0.659. The van der Waals surface area contributed by atoms with E-state index in [2.05, 4.69) is 4.74 Å². The largest absolute Gasteiger partial charge is 0.425 e. The molecule has 0 fully saturated rings. The van der Waals surface area contributed by atoms with E-state index < -0.39 is 49.8 Å². The Kier molecular flexibility index (Phi) is 5.83. The molecule has 13 heteroatoms. The van der Waals surface area contributed by atoms with Crippen molar-refractivity contribution in [2.75, 3.05) is 13.2 Å². The molecule has 0 saturated carbocycles. The molecule has 0 heterocycles. The van der Waals surface area contributed by atoms with Crippen LogP contribution in [0.5, 0.6) is 0 Å². The number of halogens is 12. The van der Waals surface area contributed by atoms with Gasteiger partial charge in [0.15, 0.2) is 0 Å². The first-order valence-electron chi connectivity index (χ1n) is 4.77. The van der Waals surface area contributed by atoms with E-state index in [9.17, 15) is 52.7 Å². The van der Waals surface area contributed by atoms with E-state index in [4.69, 9.17) is 0 Å². The molecular weight excluding hydrogens is 340 g/mol. The topological polar surface area (TPSA) is 9.23 Å². The molecule has 0 aliphatic rings. The Balaban J connectivity index is 4.62. The normalized spacial score (nSPS) is 17.7. The Morgan fingerprint density at radius 3 is 1.00 bits per heavy atom. The summed E-state index contributed by atoms with van der Waals surface area (Å²) in [6.45, 7) is -5.21. The average molecular weight is 346 g/mol. The van der Waals surface area contributed by atoms with E-state index in [1.54, 1.807) is 0 Å². The molecule has 128 valence electrons. The molecule has 1 nitrogen and oxygen atoms in total. The van der Waals surface area contributed by atoms with Crippen molar-refractivity contribution in [1.29, 1.82) is 0 Å². The van der Waals surface area contributed by atoms with Gasteiger partial charge in [0.2, 0.25) is 0 Å². The van der Waals surface area contributed by atoms with Crippen molar-refractivity contribution in [3.63, 3.8) is 0 Å². The van der Waals surface area contributed by atoms with Crippen molar-refractivity contribution in [2.45, 2.75) is 36.5 Å². The molecular formula is C8H6F12O. The Hall–Kier alpha value is -0.880. The zero-order chi connectivity index (χ0) is 17.3. The fourth-order valence-electron chi connectivity index (χ4n) is 0.948. The molecule has 0 radical (unpaired) electrons. The molecule has 2 unspecified atom stereocenters. The summed E-state index contributed by atoms with van der Waals surface area (Å²) >= 11 is 0. The molecule has 0 bridgehead atoms. The minimum Gasteiger partial charge on any atom is -0.369 e. The zero-order valence-corrected chi connectivity index (χ0v) is 9.51. The molecule has 0 N–H and O–H groups in total. The number of ether oxygens (including phenoxy) is 1. The van der Waals surface area contributed by atoms with Crippen molar-refractivity contribution in [1.82, 2.24) is 0 Å². The summed E-state index contributed by atoms with van der Waals surface area (Å²) < 4.78 is 148. The fourth-order valence-corrected chi connectivity index (χ4v) is 0.948. The Bertz CT molecular complexity index is 299. The standard InChI is InChI=1S/C8H6F12O/c9-3(7(15,16)17)5(11,12)1-21-2-6(13,14)4(10)8(18,19)20/h3-4H,1-2H2. The lowest BCUT2D eigenvalue weighted by atomic mass is 10.2. The molecule has 0 aromatic heterocycles. The average Bonchev–Trinajstić information content (AvgIpc) is 2.23. The van der Waals surface area contributed by atoms with E-state index in [1.807, 2.05) is 0 Å². The van der Waals surface area contributed by atoms with Crippen LogP contribution in [0.1, 0.15) is 0 Å². The monoisotopic (exact) mass is 346 g/mol. The van der Waals surface area contributed by atoms with Crippen molar-refractivity contribution < 1.29 is 57.4 Å². The van der Waals surface area contributed by atoms with Crippen molar-refractivity contribution >= 4 is 0 Å². The van der Waals surface area contributed by atoms with Gasteiger partial charge in [-0.1, -0.05) is 0 Å². The summed E-state index contributed by atoms with van der Waals surface area (Å²) in [6, 6.07) is 0. The summed E-state index contributed by atoms with van der Waals surface area (Å²) in [5.74, 6) is -10.6. The molecule has 0 aliphatic heterocycles. The molecule has 0 rings (SSSR count). The van der Waals surface area contributed by atoms with Gasteiger partial charge in [-0.2, -0.15) is 26.3 Å². The molecule has 2 atom stereocenters. The van der Waals surface area contributed by atoms with Gasteiger partial charge in [-0.3, -0.25) is 0 Å². The van der Waals surface area contributed by atoms with Crippen molar-refractivity contribution in [3.05, 3.63) is 0 Å². The van der Waals surface area contributed by atoms with Gasteiger partial charge in [-0.15, -0.1) is 0 Å². The first kappa shape index (κ1) is 20.1. The van der Waals surface area contributed by atoms with Crippen LogP contribution in [0.2, 0.25) is 0 Å². The number of rotatable bonds is 6. The van der Waals surface area contributed by atoms with Crippen molar-refractivity contribution in [3.8, 4) is 0 Å². The van der Waals surface area contributed by atoms with Crippen LogP contribution in [0, 0.1) is 0 Å². The highest BCUT2D eigenvalue weighted by Crippen LogP contribution is 2.37. The minimum absolute atomic E-state index is 2.60. The van der Waals surface area contributed by atoms with Crippen LogP contribution in [-0.4, -0.2) is 49.8 Å². The summed E-state index contributed by atoms with van der Waals surface area (Å²) in [6.07, 6.45) is -21.6. The van der Waals surface area contributed by atoms with Gasteiger partial charge < -0.3 is 4.74 Å². The summed E-state index contributed by atoms with van der Waals surface area (Å²) in [4.78, 5) is 0. The molecule has 0 spiro atoms. The van der Waals surface area contributed by atoms with E-state index in [1.165, 1.54) is 0 Å². The number of alkyl halides is 12. The van der Waals surface area contributed by atoms with Crippen LogP contribution in [-0.2, 0) is 4.74 Å². The molecule has 0 aromatic carbocycles. The Labute approximate surface area is 108 Å². The molecule has 0 amide bonds. The maximum Gasteiger partial charge on any atom is 0.425 e. The minimum atomic E-state index is -6.04. The second-order valence-corrected chi connectivity index (χ2v) is 3.82. The van der Waals surface area contributed by atoms with Crippen LogP contribution in [0.3, 0.4) is 0 Å². The molecule has 0 saturated heterocycles. The zero-order valence-electron chi connectivity index (χ0n) is 9.51. The van der Waals surface area contributed by atoms with Gasteiger partial charge in [0.1, 0.15) is 13.2 Å². The first-order chi connectivity index (χ1) is 9.02. The highest BCUT2D eigenvalue weighted by molar-refractivity contribution is 4.85. The molecule has 0 aromatic rings. The number of hydrogen-bond acceptors (Lipinski definition) is 1. The Morgan fingerprint density at radius 2 is 0.810 bits per heavy atom. The van der Waals surface area contributed by atoms with Gasteiger partial charge in [-0.25, -0.2) is 26.3 Å². The first-order valence-corrected chi connectivity index (χ1v) is 4.77. The van der Waals surface area contributed by atoms with Gasteiger partial charge in [0.05, 0.1) is 0 Å². The third-order valence-electron chi connectivity index (χ3n) is 1.91. The summed E-state index contributed by atoms with van der Waals surface area (Å²) in [7, 11) is 0. The van der Waals surface area contributed by atoms with Gasteiger partial charge in [0.25, 0.3) is 12.3 Å². The summed E-state index contributed by atoms with van der Waals surface area (Å²) in [5, 5.41) is 0. The lowest BCUT2D eigenvalue weighted by Crippen LogP contribution is -2.48. The molecule has 0 aliphatic carbocycles. The second kappa shape index (κ2) is 6.08. The Morgan fingerprint density at radius 1 is 0.571 bits per heavy atom.